The number of hydrogen-bond donors (Lipinski definition) is 1. The zero-order valence-corrected chi connectivity index (χ0v) is 12.4. The standard InChI is InChI=1S/C16H27NO2/c1-14(2)7-9-19-10-8-17-12-15-5-4-6-16(11-15)13-18-3/h4-6,11,14,17H,7-10,12-13H2,1-3H3. The molecule has 1 rings (SSSR count). The smallest absolute Gasteiger partial charge is 0.0713 e. The van der Waals surface area contributed by atoms with Crippen molar-refractivity contribution in [1.29, 1.82) is 0 Å². The average molecular weight is 265 g/mol. The van der Waals surface area contributed by atoms with Crippen LogP contribution in [0.1, 0.15) is 31.4 Å². The molecule has 3 nitrogen and oxygen atoms in total. The van der Waals surface area contributed by atoms with E-state index in [1.807, 2.05) is 0 Å². The summed E-state index contributed by atoms with van der Waals surface area (Å²) in [6, 6.07) is 8.47. The Morgan fingerprint density at radius 3 is 2.68 bits per heavy atom. The maximum Gasteiger partial charge on any atom is 0.0713 e. The van der Waals surface area contributed by atoms with Gasteiger partial charge in [-0.3, -0.25) is 0 Å². The predicted octanol–water partition coefficient (Wildman–Crippen LogP) is 2.99. The van der Waals surface area contributed by atoms with Crippen molar-refractivity contribution in [1.82, 2.24) is 5.32 Å². The minimum Gasteiger partial charge on any atom is -0.380 e. The third-order valence-electron chi connectivity index (χ3n) is 2.89. The lowest BCUT2D eigenvalue weighted by molar-refractivity contribution is 0.125. The lowest BCUT2D eigenvalue weighted by Gasteiger charge is -2.08. The zero-order valence-electron chi connectivity index (χ0n) is 12.4. The van der Waals surface area contributed by atoms with Crippen LogP contribution in [0.15, 0.2) is 24.3 Å². The van der Waals surface area contributed by atoms with Gasteiger partial charge in [0.05, 0.1) is 13.2 Å². The molecule has 0 heterocycles. The molecule has 1 aromatic carbocycles. The normalized spacial score (nSPS) is 11.2. The first-order chi connectivity index (χ1) is 9.22. The van der Waals surface area contributed by atoms with Gasteiger partial charge in [0.25, 0.3) is 0 Å². The van der Waals surface area contributed by atoms with Gasteiger partial charge in [0.2, 0.25) is 0 Å². The fourth-order valence-corrected chi connectivity index (χ4v) is 1.79. The average Bonchev–Trinajstić information content (AvgIpc) is 2.38. The Bertz CT molecular complexity index is 339. The number of methoxy groups -OCH3 is 1. The van der Waals surface area contributed by atoms with Gasteiger partial charge in [-0.15, -0.1) is 0 Å². The monoisotopic (exact) mass is 265 g/mol. The first kappa shape index (κ1) is 16.2. The van der Waals surface area contributed by atoms with Crippen molar-refractivity contribution in [2.45, 2.75) is 33.4 Å². The van der Waals surface area contributed by atoms with E-state index in [2.05, 4.69) is 43.4 Å². The van der Waals surface area contributed by atoms with E-state index in [-0.39, 0.29) is 0 Å². The summed E-state index contributed by atoms with van der Waals surface area (Å²) in [5.41, 5.74) is 2.51. The van der Waals surface area contributed by atoms with Crippen LogP contribution in [0.3, 0.4) is 0 Å². The summed E-state index contributed by atoms with van der Waals surface area (Å²) < 4.78 is 10.7. The summed E-state index contributed by atoms with van der Waals surface area (Å²) in [5, 5.41) is 3.39. The molecule has 0 radical (unpaired) electrons. The van der Waals surface area contributed by atoms with Crippen molar-refractivity contribution in [3.05, 3.63) is 35.4 Å². The van der Waals surface area contributed by atoms with Crippen LogP contribution in [0.4, 0.5) is 0 Å². The zero-order chi connectivity index (χ0) is 13.9. The molecule has 0 aliphatic heterocycles. The molecule has 0 aliphatic rings. The lowest BCUT2D eigenvalue weighted by atomic mass is 10.1. The van der Waals surface area contributed by atoms with Crippen LogP contribution in [0, 0.1) is 5.92 Å². The Morgan fingerprint density at radius 1 is 1.16 bits per heavy atom. The van der Waals surface area contributed by atoms with Gasteiger partial charge in [0.1, 0.15) is 0 Å². The van der Waals surface area contributed by atoms with Crippen LogP contribution < -0.4 is 5.32 Å². The summed E-state index contributed by atoms with van der Waals surface area (Å²) in [6.07, 6.45) is 1.14. The quantitative estimate of drug-likeness (QED) is 0.660. The Hall–Kier alpha value is -0.900. The van der Waals surface area contributed by atoms with Crippen molar-refractivity contribution >= 4 is 0 Å². The second-order valence-corrected chi connectivity index (χ2v) is 5.22. The molecule has 19 heavy (non-hydrogen) atoms. The molecule has 0 aromatic heterocycles. The van der Waals surface area contributed by atoms with Gasteiger partial charge in [0, 0.05) is 26.8 Å². The Balaban J connectivity index is 2.10. The molecule has 0 fully saturated rings. The first-order valence-electron chi connectivity index (χ1n) is 7.07. The number of nitrogens with one attached hydrogen (secondary N) is 1. The van der Waals surface area contributed by atoms with E-state index in [1.54, 1.807) is 7.11 Å². The van der Waals surface area contributed by atoms with Crippen LogP contribution in [-0.2, 0) is 22.6 Å². The van der Waals surface area contributed by atoms with Gasteiger partial charge < -0.3 is 14.8 Å². The summed E-state index contributed by atoms with van der Waals surface area (Å²) in [5.74, 6) is 0.719. The molecule has 0 aliphatic carbocycles. The third-order valence-corrected chi connectivity index (χ3v) is 2.89. The molecule has 0 saturated carbocycles. The van der Waals surface area contributed by atoms with Gasteiger partial charge in [-0.2, -0.15) is 0 Å². The highest BCUT2D eigenvalue weighted by atomic mass is 16.5. The van der Waals surface area contributed by atoms with E-state index in [0.29, 0.717) is 6.61 Å². The van der Waals surface area contributed by atoms with Gasteiger partial charge in [-0.1, -0.05) is 38.1 Å². The van der Waals surface area contributed by atoms with Crippen LogP contribution in [0.25, 0.3) is 0 Å². The SMILES string of the molecule is COCc1cccc(CNCCOCCC(C)C)c1. The van der Waals surface area contributed by atoms with Crippen molar-refractivity contribution < 1.29 is 9.47 Å². The van der Waals surface area contributed by atoms with Crippen LogP contribution in [0.5, 0.6) is 0 Å². The maximum atomic E-state index is 5.56. The van der Waals surface area contributed by atoms with Gasteiger partial charge in [-0.05, 0) is 23.5 Å². The molecular weight excluding hydrogens is 238 g/mol. The fraction of sp³-hybridized carbons (Fsp3) is 0.625. The first-order valence-corrected chi connectivity index (χ1v) is 7.07. The Morgan fingerprint density at radius 2 is 1.95 bits per heavy atom. The Labute approximate surface area is 117 Å². The van der Waals surface area contributed by atoms with Gasteiger partial charge in [0.15, 0.2) is 0 Å². The summed E-state index contributed by atoms with van der Waals surface area (Å²) in [7, 11) is 1.72. The van der Waals surface area contributed by atoms with E-state index in [4.69, 9.17) is 9.47 Å². The molecule has 1 N–H and O–H groups in total. The molecule has 3 heteroatoms. The molecule has 0 bridgehead atoms. The van der Waals surface area contributed by atoms with Gasteiger partial charge >= 0.3 is 0 Å². The van der Waals surface area contributed by atoms with Gasteiger partial charge in [-0.25, -0.2) is 0 Å². The highest BCUT2D eigenvalue weighted by Crippen LogP contribution is 2.06. The highest BCUT2D eigenvalue weighted by molar-refractivity contribution is 5.22. The summed E-state index contributed by atoms with van der Waals surface area (Å²) >= 11 is 0. The number of hydrogen-bond acceptors (Lipinski definition) is 3. The summed E-state index contributed by atoms with van der Waals surface area (Å²) in [6.45, 7) is 8.53. The second-order valence-electron chi connectivity index (χ2n) is 5.22. The van der Waals surface area contributed by atoms with Crippen molar-refractivity contribution in [2.75, 3.05) is 26.9 Å². The fourth-order valence-electron chi connectivity index (χ4n) is 1.79. The number of ether oxygens (including phenoxy) is 2. The van der Waals surface area contributed by atoms with E-state index >= 15 is 0 Å². The molecule has 108 valence electrons. The Kier molecular flexibility index (Phi) is 8.47. The van der Waals surface area contributed by atoms with Crippen LogP contribution >= 0.6 is 0 Å². The van der Waals surface area contributed by atoms with Crippen LogP contribution in [0.2, 0.25) is 0 Å². The van der Waals surface area contributed by atoms with Crippen molar-refractivity contribution in [3.8, 4) is 0 Å². The lowest BCUT2D eigenvalue weighted by Crippen LogP contribution is -2.19. The molecular formula is C16H27NO2. The molecule has 0 spiro atoms. The van der Waals surface area contributed by atoms with E-state index in [0.717, 1.165) is 38.6 Å². The molecule has 0 unspecified atom stereocenters. The largest absolute Gasteiger partial charge is 0.380 e. The van der Waals surface area contributed by atoms with E-state index in [9.17, 15) is 0 Å². The minimum absolute atomic E-state index is 0.673. The molecule has 0 amide bonds. The third kappa shape index (κ3) is 7.98. The summed E-state index contributed by atoms with van der Waals surface area (Å²) in [4.78, 5) is 0. The van der Waals surface area contributed by atoms with Crippen molar-refractivity contribution in [2.24, 2.45) is 5.92 Å². The van der Waals surface area contributed by atoms with Crippen molar-refractivity contribution in [3.63, 3.8) is 0 Å². The van der Waals surface area contributed by atoms with E-state index in [1.165, 1.54) is 11.1 Å². The molecule has 1 aromatic rings. The minimum atomic E-state index is 0.673. The van der Waals surface area contributed by atoms with E-state index < -0.39 is 0 Å². The highest BCUT2D eigenvalue weighted by Gasteiger charge is 1.97. The predicted molar refractivity (Wildman–Crippen MR) is 79.1 cm³/mol. The molecule has 0 atom stereocenters. The maximum absolute atomic E-state index is 5.56. The topological polar surface area (TPSA) is 30.5 Å². The molecule has 0 saturated heterocycles. The number of rotatable bonds is 10. The van der Waals surface area contributed by atoms with Crippen LogP contribution in [-0.4, -0.2) is 26.9 Å². The second kappa shape index (κ2) is 9.96. The number of benzene rings is 1.